The Morgan fingerprint density at radius 2 is 2.14 bits per heavy atom. The van der Waals surface area contributed by atoms with Crippen molar-refractivity contribution >= 4 is 11.4 Å². The van der Waals surface area contributed by atoms with Crippen molar-refractivity contribution in [2.45, 2.75) is 6.04 Å². The van der Waals surface area contributed by atoms with Gasteiger partial charge < -0.3 is 10.2 Å². The molecule has 2 rings (SSSR count). The fourth-order valence-corrected chi connectivity index (χ4v) is 2.20. The third-order valence-electron chi connectivity index (χ3n) is 3.32. The molecule has 1 N–H and O–H groups in total. The second-order valence-corrected chi connectivity index (χ2v) is 5.08. The Bertz CT molecular complexity index is 623. The van der Waals surface area contributed by atoms with Crippen LogP contribution in [0.4, 0.5) is 11.4 Å². The lowest BCUT2D eigenvalue weighted by molar-refractivity contribution is -0.384. The summed E-state index contributed by atoms with van der Waals surface area (Å²) in [7, 11) is 5.81. The normalized spacial score (nSPS) is 12.4. The van der Waals surface area contributed by atoms with E-state index in [1.54, 1.807) is 22.9 Å². The monoisotopic (exact) mass is 289 g/mol. The van der Waals surface area contributed by atoms with Crippen LogP contribution in [0.5, 0.6) is 0 Å². The van der Waals surface area contributed by atoms with E-state index in [1.165, 1.54) is 6.07 Å². The standard InChI is InChI=1S/C14H19N5O2/c1-17(2)14(11-8-16-18(3)10-11)9-15-12-6-4-5-7-13(12)19(20)21/h4-8,10,14-15H,9H2,1-3H3. The first-order valence-electron chi connectivity index (χ1n) is 6.61. The molecule has 0 aliphatic rings. The molecular formula is C14H19N5O2. The topological polar surface area (TPSA) is 76.2 Å². The van der Waals surface area contributed by atoms with Gasteiger partial charge in [-0.25, -0.2) is 0 Å². The molecule has 21 heavy (non-hydrogen) atoms. The summed E-state index contributed by atoms with van der Waals surface area (Å²) in [6.07, 6.45) is 3.76. The minimum Gasteiger partial charge on any atom is -0.378 e. The second-order valence-electron chi connectivity index (χ2n) is 5.08. The molecule has 0 amide bonds. The third-order valence-corrected chi connectivity index (χ3v) is 3.32. The van der Waals surface area contributed by atoms with Crippen molar-refractivity contribution in [2.75, 3.05) is 26.0 Å². The van der Waals surface area contributed by atoms with Crippen LogP contribution in [0.25, 0.3) is 0 Å². The van der Waals surface area contributed by atoms with Crippen molar-refractivity contribution in [1.82, 2.24) is 14.7 Å². The summed E-state index contributed by atoms with van der Waals surface area (Å²) in [6.45, 7) is 0.559. The number of rotatable bonds is 6. The lowest BCUT2D eigenvalue weighted by Gasteiger charge is -2.24. The van der Waals surface area contributed by atoms with Gasteiger partial charge in [-0.2, -0.15) is 5.10 Å². The highest BCUT2D eigenvalue weighted by Gasteiger charge is 2.18. The van der Waals surface area contributed by atoms with E-state index in [4.69, 9.17) is 0 Å². The molecule has 2 aromatic rings. The Hall–Kier alpha value is -2.41. The number of aryl methyl sites for hydroxylation is 1. The second kappa shape index (κ2) is 6.36. The number of anilines is 1. The minimum absolute atomic E-state index is 0.0820. The average molecular weight is 289 g/mol. The first-order valence-corrected chi connectivity index (χ1v) is 6.61. The molecule has 0 bridgehead atoms. The van der Waals surface area contributed by atoms with Crippen molar-refractivity contribution in [2.24, 2.45) is 7.05 Å². The summed E-state index contributed by atoms with van der Waals surface area (Å²) in [5, 5.41) is 18.4. The van der Waals surface area contributed by atoms with Gasteiger partial charge in [0.15, 0.2) is 0 Å². The number of nitrogens with one attached hydrogen (secondary N) is 1. The Labute approximate surface area is 123 Å². The van der Waals surface area contributed by atoms with Gasteiger partial charge >= 0.3 is 0 Å². The zero-order valence-electron chi connectivity index (χ0n) is 12.4. The zero-order valence-corrected chi connectivity index (χ0v) is 12.4. The molecule has 1 atom stereocenters. The number of para-hydroxylation sites is 2. The van der Waals surface area contributed by atoms with Crippen molar-refractivity contribution in [3.63, 3.8) is 0 Å². The summed E-state index contributed by atoms with van der Waals surface area (Å²) in [5.74, 6) is 0. The molecule has 7 heteroatoms. The smallest absolute Gasteiger partial charge is 0.292 e. The number of hydrogen-bond donors (Lipinski definition) is 1. The molecule has 0 aliphatic heterocycles. The average Bonchev–Trinajstić information content (AvgIpc) is 2.85. The van der Waals surface area contributed by atoms with Crippen molar-refractivity contribution in [3.05, 3.63) is 52.3 Å². The highest BCUT2D eigenvalue weighted by atomic mass is 16.6. The Balaban J connectivity index is 2.15. The highest BCUT2D eigenvalue weighted by Crippen LogP contribution is 2.25. The van der Waals surface area contributed by atoms with E-state index < -0.39 is 0 Å². The van der Waals surface area contributed by atoms with E-state index in [0.29, 0.717) is 12.2 Å². The number of benzene rings is 1. The number of nitrogens with zero attached hydrogens (tertiary/aromatic N) is 4. The Kier molecular flexibility index (Phi) is 4.54. The zero-order chi connectivity index (χ0) is 15.4. The lowest BCUT2D eigenvalue weighted by atomic mass is 10.1. The maximum Gasteiger partial charge on any atom is 0.292 e. The van der Waals surface area contributed by atoms with E-state index in [9.17, 15) is 10.1 Å². The van der Waals surface area contributed by atoms with E-state index in [-0.39, 0.29) is 16.7 Å². The molecule has 0 spiro atoms. The molecular weight excluding hydrogens is 270 g/mol. The summed E-state index contributed by atoms with van der Waals surface area (Å²) < 4.78 is 1.75. The van der Waals surface area contributed by atoms with Gasteiger partial charge in [-0.15, -0.1) is 0 Å². The molecule has 0 saturated carbocycles. The van der Waals surface area contributed by atoms with Gasteiger partial charge in [-0.1, -0.05) is 12.1 Å². The summed E-state index contributed by atoms with van der Waals surface area (Å²) in [5.41, 5.74) is 1.67. The quantitative estimate of drug-likeness (QED) is 0.650. The molecule has 1 aromatic carbocycles. The van der Waals surface area contributed by atoms with E-state index in [0.717, 1.165) is 5.56 Å². The van der Waals surface area contributed by atoms with Crippen LogP contribution < -0.4 is 5.32 Å². The fraction of sp³-hybridized carbons (Fsp3) is 0.357. The molecule has 1 heterocycles. The summed E-state index contributed by atoms with van der Waals surface area (Å²) >= 11 is 0. The van der Waals surface area contributed by atoms with Gasteiger partial charge in [0.2, 0.25) is 0 Å². The van der Waals surface area contributed by atoms with Crippen LogP contribution in [0.3, 0.4) is 0 Å². The Morgan fingerprint density at radius 1 is 1.43 bits per heavy atom. The summed E-state index contributed by atoms with van der Waals surface area (Å²) in [6, 6.07) is 6.74. The minimum atomic E-state index is -0.378. The predicted molar refractivity (Wildman–Crippen MR) is 81.2 cm³/mol. The van der Waals surface area contributed by atoms with Crippen LogP contribution in [0.2, 0.25) is 0 Å². The van der Waals surface area contributed by atoms with Crippen LogP contribution in [0.15, 0.2) is 36.7 Å². The molecule has 1 unspecified atom stereocenters. The fourth-order valence-electron chi connectivity index (χ4n) is 2.20. The van der Waals surface area contributed by atoms with Crippen molar-refractivity contribution < 1.29 is 4.92 Å². The number of nitro groups is 1. The first kappa shape index (κ1) is 15.0. The molecule has 112 valence electrons. The predicted octanol–water partition coefficient (Wildman–Crippen LogP) is 2.04. The van der Waals surface area contributed by atoms with Gasteiger partial charge in [0.1, 0.15) is 5.69 Å². The van der Waals surface area contributed by atoms with Gasteiger partial charge in [-0.3, -0.25) is 14.8 Å². The number of hydrogen-bond acceptors (Lipinski definition) is 5. The van der Waals surface area contributed by atoms with Gasteiger partial charge in [0.05, 0.1) is 17.2 Å². The van der Waals surface area contributed by atoms with E-state index >= 15 is 0 Å². The molecule has 7 nitrogen and oxygen atoms in total. The molecule has 0 aliphatic carbocycles. The van der Waals surface area contributed by atoms with Gasteiger partial charge in [0, 0.05) is 31.4 Å². The molecule has 0 radical (unpaired) electrons. The maximum absolute atomic E-state index is 11.0. The number of aromatic nitrogens is 2. The highest BCUT2D eigenvalue weighted by molar-refractivity contribution is 5.61. The molecule has 0 saturated heterocycles. The van der Waals surface area contributed by atoms with E-state index in [1.807, 2.05) is 33.5 Å². The van der Waals surface area contributed by atoms with Gasteiger partial charge in [-0.05, 0) is 20.2 Å². The molecule has 0 fully saturated rings. The van der Waals surface area contributed by atoms with Crippen LogP contribution >= 0.6 is 0 Å². The largest absolute Gasteiger partial charge is 0.378 e. The first-order chi connectivity index (χ1) is 9.99. The van der Waals surface area contributed by atoms with Crippen LogP contribution in [-0.2, 0) is 7.05 Å². The maximum atomic E-state index is 11.0. The van der Waals surface area contributed by atoms with Crippen molar-refractivity contribution in [1.29, 1.82) is 0 Å². The van der Waals surface area contributed by atoms with Crippen molar-refractivity contribution in [3.8, 4) is 0 Å². The van der Waals surface area contributed by atoms with Crippen LogP contribution in [0, 0.1) is 10.1 Å². The van der Waals surface area contributed by atoms with Crippen LogP contribution in [-0.4, -0.2) is 40.2 Å². The lowest BCUT2D eigenvalue weighted by Crippen LogP contribution is -2.26. The third kappa shape index (κ3) is 3.57. The SMILES string of the molecule is CN(C)C(CNc1ccccc1[N+](=O)[O-])c1cnn(C)c1. The number of likely N-dealkylation sites (N-methyl/N-ethyl adjacent to an activating group) is 1. The Morgan fingerprint density at radius 3 is 2.71 bits per heavy atom. The van der Waals surface area contributed by atoms with Crippen LogP contribution in [0.1, 0.15) is 11.6 Å². The van der Waals surface area contributed by atoms with Gasteiger partial charge in [0.25, 0.3) is 5.69 Å². The van der Waals surface area contributed by atoms with E-state index in [2.05, 4.69) is 15.3 Å². The number of nitro benzene ring substituents is 1. The molecule has 1 aromatic heterocycles. The summed E-state index contributed by atoms with van der Waals surface area (Å²) in [4.78, 5) is 12.7.